The first-order valence-corrected chi connectivity index (χ1v) is 9.30. The summed E-state index contributed by atoms with van der Waals surface area (Å²) in [5, 5.41) is 33.1. The number of amides is 1. The van der Waals surface area contributed by atoms with E-state index < -0.39 is 5.97 Å². The second-order valence-corrected chi connectivity index (χ2v) is 8.63. The van der Waals surface area contributed by atoms with Gasteiger partial charge in [0.05, 0.1) is 41.3 Å². The van der Waals surface area contributed by atoms with Crippen LogP contribution in [-0.2, 0) is 9.59 Å². The lowest BCUT2D eigenvalue weighted by atomic mass is 10.2. The number of likely N-dealkylation sites (N-methyl/N-ethyl adjacent to an activating group) is 1. The van der Waals surface area contributed by atoms with Crippen LogP contribution in [0.15, 0.2) is 10.3 Å². The number of carbonyl (C=O) groups excluding carboxylic acids is 1. The van der Waals surface area contributed by atoms with E-state index in [9.17, 15) is 9.59 Å². The van der Waals surface area contributed by atoms with Gasteiger partial charge < -0.3 is 24.5 Å². The van der Waals surface area contributed by atoms with Gasteiger partial charge in [0.15, 0.2) is 6.67 Å². The van der Waals surface area contributed by atoms with Crippen molar-refractivity contribution >= 4 is 23.3 Å². The van der Waals surface area contributed by atoms with E-state index in [-0.39, 0.29) is 18.7 Å². The minimum absolute atomic E-state index is 0.0399. The molecular formula is C18H37N5O5+2. The molecule has 0 aliphatic heterocycles. The van der Waals surface area contributed by atoms with E-state index in [0.717, 1.165) is 0 Å². The Kier molecular flexibility index (Phi) is 10.7. The highest BCUT2D eigenvalue weighted by atomic mass is 16.4. The van der Waals surface area contributed by atoms with Gasteiger partial charge in [-0.25, -0.2) is 0 Å². The van der Waals surface area contributed by atoms with Crippen LogP contribution in [0.3, 0.4) is 0 Å². The first kappa shape index (κ1) is 25.8. The standard InChI is InChI=1S/C18H35N5O5/c1-15(19-27)12-22(3,4)11-10-21(17(24)8-7-9-18(25)26)14-23(5,6)13-16(2)20-28/h7-14H2,1-6H3,(H-2,25,26,27,28)/p+2. The summed E-state index contributed by atoms with van der Waals surface area (Å²) in [6.45, 7) is 6.02. The predicted molar refractivity (Wildman–Crippen MR) is 107 cm³/mol. The first-order chi connectivity index (χ1) is 12.8. The van der Waals surface area contributed by atoms with E-state index in [1.807, 2.05) is 28.2 Å². The van der Waals surface area contributed by atoms with E-state index in [2.05, 4.69) is 10.3 Å². The van der Waals surface area contributed by atoms with Gasteiger partial charge in [0.1, 0.15) is 24.5 Å². The summed E-state index contributed by atoms with van der Waals surface area (Å²) in [6, 6.07) is 0. The summed E-state index contributed by atoms with van der Waals surface area (Å²) < 4.78 is 0.963. The van der Waals surface area contributed by atoms with Crippen molar-refractivity contribution in [1.29, 1.82) is 0 Å². The Morgan fingerprint density at radius 2 is 1.39 bits per heavy atom. The summed E-state index contributed by atoms with van der Waals surface area (Å²) in [5.74, 6) is -1.01. The van der Waals surface area contributed by atoms with Gasteiger partial charge in [-0.1, -0.05) is 10.3 Å². The van der Waals surface area contributed by atoms with Crippen LogP contribution < -0.4 is 0 Å². The highest BCUT2D eigenvalue weighted by Gasteiger charge is 2.27. The average molecular weight is 404 g/mol. The lowest BCUT2D eigenvalue weighted by Crippen LogP contribution is -2.55. The zero-order valence-electron chi connectivity index (χ0n) is 18.1. The molecule has 0 aromatic heterocycles. The highest BCUT2D eigenvalue weighted by Crippen LogP contribution is 2.09. The van der Waals surface area contributed by atoms with Crippen LogP contribution in [0.1, 0.15) is 33.1 Å². The molecule has 0 saturated carbocycles. The molecule has 0 rings (SSSR count). The normalized spacial score (nSPS) is 13.5. The number of carboxylic acid groups (broad SMARTS) is 1. The molecule has 162 valence electrons. The molecule has 0 bridgehead atoms. The maximum Gasteiger partial charge on any atom is 0.303 e. The van der Waals surface area contributed by atoms with Crippen LogP contribution in [-0.4, -0.2) is 114 Å². The summed E-state index contributed by atoms with van der Waals surface area (Å²) in [5.41, 5.74) is 1.17. The Labute approximate surface area is 167 Å². The second-order valence-electron chi connectivity index (χ2n) is 8.63. The molecule has 0 saturated heterocycles. The zero-order chi connectivity index (χ0) is 22.0. The number of quaternary nitrogens is 2. The van der Waals surface area contributed by atoms with Crippen LogP contribution in [0, 0.1) is 0 Å². The molecule has 10 nitrogen and oxygen atoms in total. The van der Waals surface area contributed by atoms with Gasteiger partial charge in [0, 0.05) is 12.8 Å². The van der Waals surface area contributed by atoms with Gasteiger partial charge in [-0.2, -0.15) is 0 Å². The van der Waals surface area contributed by atoms with Crippen LogP contribution in [0.2, 0.25) is 0 Å². The molecule has 3 N–H and O–H groups in total. The zero-order valence-corrected chi connectivity index (χ0v) is 18.1. The van der Waals surface area contributed by atoms with Gasteiger partial charge in [-0.15, -0.1) is 0 Å². The van der Waals surface area contributed by atoms with Crippen molar-refractivity contribution in [2.75, 3.05) is 61.0 Å². The summed E-state index contributed by atoms with van der Waals surface area (Å²) in [6.07, 6.45) is 0.426. The molecule has 0 aliphatic rings. The number of aliphatic carboxylic acids is 1. The quantitative estimate of drug-likeness (QED) is 0.138. The molecular weight excluding hydrogens is 366 g/mol. The largest absolute Gasteiger partial charge is 0.481 e. The lowest BCUT2D eigenvalue weighted by Gasteiger charge is -2.37. The number of oxime groups is 2. The fourth-order valence-electron chi connectivity index (χ4n) is 3.11. The Balaban J connectivity index is 5.16. The van der Waals surface area contributed by atoms with Gasteiger partial charge >= 0.3 is 5.97 Å². The minimum Gasteiger partial charge on any atom is -0.481 e. The molecule has 10 heteroatoms. The topological polar surface area (TPSA) is 123 Å². The number of hydrogen-bond acceptors (Lipinski definition) is 6. The maximum atomic E-state index is 12.7. The van der Waals surface area contributed by atoms with Gasteiger partial charge in [0.25, 0.3) is 0 Å². The van der Waals surface area contributed by atoms with Crippen molar-refractivity contribution in [2.45, 2.75) is 33.1 Å². The third-order valence-electron chi connectivity index (χ3n) is 4.32. The average Bonchev–Trinajstić information content (AvgIpc) is 2.57. The molecule has 0 aromatic carbocycles. The summed E-state index contributed by atoms with van der Waals surface area (Å²) >= 11 is 0. The van der Waals surface area contributed by atoms with Crippen LogP contribution in [0.5, 0.6) is 0 Å². The van der Waals surface area contributed by atoms with Crippen LogP contribution >= 0.6 is 0 Å². The smallest absolute Gasteiger partial charge is 0.303 e. The fourth-order valence-corrected chi connectivity index (χ4v) is 3.11. The molecule has 1 amide bonds. The molecule has 0 spiro atoms. The van der Waals surface area contributed by atoms with Crippen molar-refractivity contribution in [3.63, 3.8) is 0 Å². The minimum atomic E-state index is -0.915. The number of nitrogens with zero attached hydrogens (tertiary/aromatic N) is 5. The molecule has 0 aliphatic carbocycles. The fraction of sp³-hybridized carbons (Fsp3) is 0.778. The van der Waals surface area contributed by atoms with Crippen LogP contribution in [0.25, 0.3) is 0 Å². The third kappa shape index (κ3) is 11.5. The van der Waals surface area contributed by atoms with Crippen molar-refractivity contribution in [3.05, 3.63) is 0 Å². The van der Waals surface area contributed by atoms with E-state index >= 15 is 0 Å². The third-order valence-corrected chi connectivity index (χ3v) is 4.32. The first-order valence-electron chi connectivity index (χ1n) is 9.30. The molecule has 0 atom stereocenters. The van der Waals surface area contributed by atoms with Crippen molar-refractivity contribution in [3.8, 4) is 0 Å². The predicted octanol–water partition coefficient (Wildman–Crippen LogP) is 0.880. The van der Waals surface area contributed by atoms with Crippen LogP contribution in [0.4, 0.5) is 0 Å². The van der Waals surface area contributed by atoms with Crippen molar-refractivity contribution in [2.24, 2.45) is 10.3 Å². The number of hydrogen-bond donors (Lipinski definition) is 3. The summed E-state index contributed by atoms with van der Waals surface area (Å²) in [7, 11) is 7.86. The van der Waals surface area contributed by atoms with Crippen molar-refractivity contribution < 1.29 is 34.1 Å². The maximum absolute atomic E-state index is 12.7. The number of carbonyl (C=O) groups is 2. The molecule has 28 heavy (non-hydrogen) atoms. The Bertz CT molecular complexity index is 587. The Morgan fingerprint density at radius 1 is 0.893 bits per heavy atom. The van der Waals surface area contributed by atoms with E-state index in [0.29, 0.717) is 59.7 Å². The summed E-state index contributed by atoms with van der Waals surface area (Å²) in [4.78, 5) is 25.2. The van der Waals surface area contributed by atoms with Gasteiger partial charge in [-0.05, 0) is 20.3 Å². The number of rotatable bonds is 13. The lowest BCUT2D eigenvalue weighted by molar-refractivity contribution is -0.895. The highest BCUT2D eigenvalue weighted by molar-refractivity contribution is 5.82. The molecule has 0 aromatic rings. The van der Waals surface area contributed by atoms with Crippen molar-refractivity contribution in [1.82, 2.24) is 4.90 Å². The molecule has 0 fully saturated rings. The number of carboxylic acids is 1. The second kappa shape index (κ2) is 11.6. The monoisotopic (exact) mass is 403 g/mol. The Morgan fingerprint density at radius 3 is 1.86 bits per heavy atom. The molecule has 0 heterocycles. The van der Waals surface area contributed by atoms with E-state index in [1.54, 1.807) is 18.7 Å². The van der Waals surface area contributed by atoms with E-state index in [4.69, 9.17) is 15.5 Å². The Hall–Kier alpha value is -2.20. The van der Waals surface area contributed by atoms with Gasteiger partial charge in [-0.3, -0.25) is 14.5 Å². The SMILES string of the molecule is CC(C[N+](C)(C)CCN(C[N+](C)(C)CC(C)=NO)C(=O)CCCC(=O)O)=NO. The molecule has 0 unspecified atom stereocenters. The van der Waals surface area contributed by atoms with E-state index in [1.165, 1.54) is 0 Å². The molecule has 0 radical (unpaired) electrons. The van der Waals surface area contributed by atoms with Gasteiger partial charge in [0.2, 0.25) is 5.91 Å².